The van der Waals surface area contributed by atoms with Gasteiger partial charge in [-0.2, -0.15) is 0 Å². The zero-order valence-corrected chi connectivity index (χ0v) is 59.2. The number of nitrogens with one attached hydrogen (secondary N) is 4. The van der Waals surface area contributed by atoms with Gasteiger partial charge in [0.15, 0.2) is 12.5 Å². The van der Waals surface area contributed by atoms with E-state index in [1.165, 1.54) is 13.0 Å². The zero-order valence-electron chi connectivity index (χ0n) is 58.3. The molecule has 3 heterocycles. The highest BCUT2D eigenvalue weighted by Crippen LogP contribution is 2.45. The molecule has 30 nitrogen and oxygen atoms in total. The average molecular weight is 1490 g/mol. The molecule has 1 fully saturated rings. The lowest BCUT2D eigenvalue weighted by Gasteiger charge is -2.24. The normalized spacial score (nSPS) is 14.1. The van der Waals surface area contributed by atoms with E-state index in [9.17, 15) is 77.6 Å². The number of aliphatic carboxylic acids is 1. The number of carbonyl (C=O) groups excluding carboxylic acids is 9. The largest absolute Gasteiger partial charge is 0.545 e. The van der Waals surface area contributed by atoms with Gasteiger partial charge < -0.3 is 71.6 Å². The van der Waals surface area contributed by atoms with Gasteiger partial charge in [0.05, 0.1) is 52.9 Å². The minimum absolute atomic E-state index is 0.0148. The van der Waals surface area contributed by atoms with Gasteiger partial charge in [-0.05, 0) is 78.9 Å². The van der Waals surface area contributed by atoms with Crippen molar-refractivity contribution in [1.29, 1.82) is 0 Å². The van der Waals surface area contributed by atoms with E-state index in [0.717, 1.165) is 45.2 Å². The number of ether oxygens (including phenoxy) is 2. The molecule has 5 aromatic carbocycles. The molecule has 9 rings (SSSR count). The fourth-order valence-corrected chi connectivity index (χ4v) is 13.2. The van der Waals surface area contributed by atoms with Crippen LogP contribution in [0.5, 0.6) is 0 Å². The Morgan fingerprint density at radius 2 is 1.43 bits per heavy atom. The number of nitrogens with zero attached hydrogens (tertiary/aromatic N) is 5. The number of aryl methyl sites for hydroxylation is 1. The highest BCUT2D eigenvalue weighted by Gasteiger charge is 2.42. The summed E-state index contributed by atoms with van der Waals surface area (Å²) in [6.45, 7) is 0.0329. The van der Waals surface area contributed by atoms with Gasteiger partial charge in [-0.1, -0.05) is 60.7 Å². The minimum Gasteiger partial charge on any atom is -0.545 e. The monoisotopic (exact) mass is 1490 g/mol. The first kappa shape index (κ1) is 78.9. The van der Waals surface area contributed by atoms with Gasteiger partial charge in [0.1, 0.15) is 49.2 Å². The standard InChI is InChI=1S/C74H75F2N11O19S/c1-39-65(70(96)86(35-54(78)41-12-7-6-8-13-41)74(103)85(39)34-50-51(75)15-10-16-52(50)76)42-14-9-11-40(27-42)17-23-61(92)81-62(104-37-88)26-25-60(91)80-55(73(101)102)22-24-59(90)79-33-53(77)68(94)82-63(105-38-89)36-107-58-32-64(93)87(69(58)95)45-28-48(71(97)98)67(49(29-45)72(99)100)66-46-20-18-43(83(2)3)30-56(46)106-57-31-44(84(4)5)19-21-47(57)66/h6-16,18-21,27-31,37-38,53-55,58,62-63H,17,22-26,32-36,77-78H2,1-5H3,(H6-,79,80,81,82,90,91,92,94,97,98,99,100,101,102)/t53?,54-,55?,58?,62?,63?/m0/s1. The Labute approximate surface area is 612 Å². The van der Waals surface area contributed by atoms with Crippen LogP contribution in [0, 0.1) is 18.6 Å². The summed E-state index contributed by atoms with van der Waals surface area (Å²) in [6, 6.07) is 26.4. The number of aromatic carboxylic acids is 2. The molecule has 0 spiro atoms. The fraction of sp³-hybridized carbons (Fsp3) is 0.297. The van der Waals surface area contributed by atoms with Crippen molar-refractivity contribution in [2.75, 3.05) is 50.3 Å². The van der Waals surface area contributed by atoms with Crippen LogP contribution in [0.1, 0.15) is 87.7 Å². The first-order valence-corrected chi connectivity index (χ1v) is 34.3. The Bertz CT molecular complexity index is 4930. The number of thioether (sulfide) groups is 1. The van der Waals surface area contributed by atoms with Gasteiger partial charge in [-0.3, -0.25) is 52.3 Å². The van der Waals surface area contributed by atoms with E-state index in [2.05, 4.69) is 21.3 Å². The van der Waals surface area contributed by atoms with Crippen LogP contribution in [-0.2, 0) is 72.1 Å². The highest BCUT2D eigenvalue weighted by atomic mass is 32.2. The lowest BCUT2D eigenvalue weighted by molar-refractivity contribution is -0.255. The van der Waals surface area contributed by atoms with Crippen molar-refractivity contribution in [2.45, 2.75) is 101 Å². The van der Waals surface area contributed by atoms with Gasteiger partial charge in [0, 0.05) is 116 Å². The summed E-state index contributed by atoms with van der Waals surface area (Å²) in [5.74, 6) is -12.1. The van der Waals surface area contributed by atoms with E-state index in [1.807, 2.05) is 0 Å². The summed E-state index contributed by atoms with van der Waals surface area (Å²) in [7, 11) is 7.19. The predicted molar refractivity (Wildman–Crippen MR) is 384 cm³/mol. The number of nitrogens with two attached hydrogens (primary N) is 2. The first-order valence-electron chi connectivity index (χ1n) is 33.3. The number of carbonyl (C=O) groups is 11. The number of carboxylic acids is 3. The van der Waals surface area contributed by atoms with Crippen LogP contribution in [-0.4, -0.2) is 156 Å². The van der Waals surface area contributed by atoms with Crippen LogP contribution in [0.3, 0.4) is 0 Å². The molecule has 6 atom stereocenters. The van der Waals surface area contributed by atoms with Crippen LogP contribution < -0.4 is 68.8 Å². The lowest BCUT2D eigenvalue weighted by atomic mass is 9.87. The van der Waals surface area contributed by atoms with Gasteiger partial charge in [0.2, 0.25) is 40.8 Å². The number of hydrogen-bond acceptors (Lipinski definition) is 21. The molecule has 1 saturated heterocycles. The van der Waals surface area contributed by atoms with Crippen LogP contribution >= 0.6 is 11.8 Å². The summed E-state index contributed by atoms with van der Waals surface area (Å²) < 4.78 is 50.2. The Balaban J connectivity index is 0.760. The topological polar surface area (TPSA) is 437 Å². The molecule has 0 saturated carbocycles. The third-order valence-corrected chi connectivity index (χ3v) is 19.0. The highest BCUT2D eigenvalue weighted by molar-refractivity contribution is 8.00. The molecule has 6 amide bonds. The summed E-state index contributed by atoms with van der Waals surface area (Å²) in [6.07, 6.45) is -5.46. The van der Waals surface area contributed by atoms with Crippen molar-refractivity contribution in [3.8, 4) is 33.6 Å². The summed E-state index contributed by atoms with van der Waals surface area (Å²) in [5.41, 5.74) is 11.5. The van der Waals surface area contributed by atoms with Gasteiger partial charge >= 0.3 is 17.6 Å². The van der Waals surface area contributed by atoms with Crippen molar-refractivity contribution in [1.82, 2.24) is 35.0 Å². The summed E-state index contributed by atoms with van der Waals surface area (Å²) >= 11 is 0.745. The molecule has 107 heavy (non-hydrogen) atoms. The van der Waals surface area contributed by atoms with Crippen molar-refractivity contribution in [3.63, 3.8) is 0 Å². The van der Waals surface area contributed by atoms with Gasteiger partial charge in [0.25, 0.3) is 18.5 Å². The number of halogens is 2. The lowest BCUT2D eigenvalue weighted by Crippen LogP contribution is -2.52. The van der Waals surface area contributed by atoms with E-state index in [0.29, 0.717) is 43.6 Å². The minimum atomic E-state index is -1.83. The number of benzene rings is 6. The Morgan fingerprint density at radius 1 is 0.757 bits per heavy atom. The second-order valence-corrected chi connectivity index (χ2v) is 26.6. The molecule has 10 N–H and O–H groups in total. The molecule has 1 aromatic heterocycles. The van der Waals surface area contributed by atoms with Crippen LogP contribution in [0.4, 0.5) is 20.2 Å². The first-order chi connectivity index (χ1) is 51.0. The maximum atomic E-state index is 15.0. The molecule has 2 aliphatic heterocycles. The average Bonchev–Trinajstić information content (AvgIpc) is 0.949. The van der Waals surface area contributed by atoms with E-state index in [1.54, 1.807) is 129 Å². The molecule has 0 radical (unpaired) electrons. The van der Waals surface area contributed by atoms with Crippen molar-refractivity contribution < 1.29 is 90.7 Å². The second kappa shape index (κ2) is 35.0. The quantitative estimate of drug-likeness (QED) is 0.00944. The van der Waals surface area contributed by atoms with Gasteiger partial charge in [-0.15, -0.1) is 11.8 Å². The number of hydrogen-bond donors (Lipinski definition) is 8. The number of rotatable bonds is 34. The Kier molecular flexibility index (Phi) is 25.8. The molecule has 560 valence electrons. The summed E-state index contributed by atoms with van der Waals surface area (Å²) in [4.78, 5) is 173. The number of fused-ring (bicyclic) bond motifs is 2. The van der Waals surface area contributed by atoms with Gasteiger partial charge in [-0.25, -0.2) is 32.6 Å². The fourth-order valence-electron chi connectivity index (χ4n) is 12.1. The molecule has 3 aliphatic rings. The molecular weight excluding hydrogens is 1420 g/mol. The SMILES string of the molecule is Cc1c(-c2cccc(CCC(=O)NC(CCC(=O)NC(CCC(=O)NCC(N)C(=O)NC(CSC3CC(=O)N(c4cc(C(=O)[O-])c(-c5c6ccc(=[N+](C)C)cc-6oc6cc(N(C)C)ccc56)c(C(=O)O)c4)C3=O)OC=O)C(=O)O)OC=O)c2)c(=O)n(C[C@H](N)c2ccccc2)c(=O)n1Cc1c(F)cccc1F. The van der Waals surface area contributed by atoms with Crippen molar-refractivity contribution in [3.05, 3.63) is 193 Å². The van der Waals surface area contributed by atoms with E-state index < -0.39 is 173 Å². The third-order valence-electron chi connectivity index (χ3n) is 17.7. The molecule has 6 aromatic rings. The zero-order chi connectivity index (χ0) is 77.7. The molecule has 33 heteroatoms. The van der Waals surface area contributed by atoms with E-state index in [-0.39, 0.29) is 78.2 Å². The Morgan fingerprint density at radius 3 is 2.09 bits per heavy atom. The number of carboxylic acid groups (broad SMARTS) is 3. The van der Waals surface area contributed by atoms with E-state index in [4.69, 9.17) is 25.4 Å². The maximum absolute atomic E-state index is 15.0. The molecule has 5 unspecified atom stereocenters. The third kappa shape index (κ3) is 18.8. The number of anilines is 2. The van der Waals surface area contributed by atoms with E-state index >= 15 is 8.78 Å². The number of amides is 6. The van der Waals surface area contributed by atoms with Crippen LogP contribution in [0.25, 0.3) is 44.5 Å². The smallest absolute Gasteiger partial charge is 0.336 e. The molecule has 0 bridgehead atoms. The summed E-state index contributed by atoms with van der Waals surface area (Å²) in [5, 5.41) is 43.1. The van der Waals surface area contributed by atoms with Crippen molar-refractivity contribution >= 4 is 100 Å². The number of imide groups is 1. The van der Waals surface area contributed by atoms with Crippen LogP contribution in [0.15, 0.2) is 135 Å². The molecular formula is C74H75F2N11O19S. The second-order valence-electron chi connectivity index (χ2n) is 25.4. The molecule has 1 aliphatic carbocycles. The van der Waals surface area contributed by atoms with Crippen molar-refractivity contribution in [2.24, 2.45) is 11.5 Å². The predicted octanol–water partition coefficient (Wildman–Crippen LogP) is 2.49. The Hall–Kier alpha value is -12.2. The maximum Gasteiger partial charge on any atom is 0.336 e. The van der Waals surface area contributed by atoms with Crippen LogP contribution in [0.2, 0.25) is 0 Å². The number of aromatic nitrogens is 2.